The number of hydrogen-bond acceptors (Lipinski definition) is 4. The number of halogens is 1. The summed E-state index contributed by atoms with van der Waals surface area (Å²) in [6.45, 7) is 6.74. The molecule has 0 amide bonds. The van der Waals surface area contributed by atoms with E-state index in [2.05, 4.69) is 28.4 Å². The lowest BCUT2D eigenvalue weighted by Gasteiger charge is -2.26. The number of ether oxygens (including phenoxy) is 1. The van der Waals surface area contributed by atoms with Crippen LogP contribution in [0, 0.1) is 0 Å². The average Bonchev–Trinajstić information content (AvgIpc) is 2.82. The van der Waals surface area contributed by atoms with Gasteiger partial charge in [0.2, 0.25) is 0 Å². The molecular formula is C15H19ClN2OS. The average molecular weight is 311 g/mol. The molecule has 1 aliphatic heterocycles. The van der Waals surface area contributed by atoms with Crippen LogP contribution in [0.2, 0.25) is 5.02 Å². The Morgan fingerprint density at radius 2 is 2.05 bits per heavy atom. The van der Waals surface area contributed by atoms with E-state index in [1.165, 1.54) is 15.0 Å². The number of morpholine rings is 1. The Morgan fingerprint density at radius 3 is 2.85 bits per heavy atom. The Kier molecular flexibility index (Phi) is 4.91. The highest BCUT2D eigenvalue weighted by molar-refractivity contribution is 7.19. The van der Waals surface area contributed by atoms with Crippen LogP contribution in [0.5, 0.6) is 0 Å². The fourth-order valence-corrected chi connectivity index (χ4v) is 3.91. The fourth-order valence-electron chi connectivity index (χ4n) is 2.44. The lowest BCUT2D eigenvalue weighted by atomic mass is 10.2. The minimum Gasteiger partial charge on any atom is -0.379 e. The molecule has 3 rings (SSSR count). The fraction of sp³-hybridized carbons (Fsp3) is 0.467. The topological polar surface area (TPSA) is 24.5 Å². The Balaban J connectivity index is 1.51. The molecule has 1 aromatic heterocycles. The first-order valence-electron chi connectivity index (χ1n) is 7.01. The van der Waals surface area contributed by atoms with Crippen LogP contribution < -0.4 is 5.32 Å². The molecule has 0 saturated carbocycles. The molecule has 0 atom stereocenters. The molecule has 0 spiro atoms. The van der Waals surface area contributed by atoms with Gasteiger partial charge in [-0.1, -0.05) is 29.8 Å². The second kappa shape index (κ2) is 6.87. The van der Waals surface area contributed by atoms with Crippen molar-refractivity contribution in [3.8, 4) is 0 Å². The zero-order chi connectivity index (χ0) is 13.8. The molecule has 0 unspecified atom stereocenters. The zero-order valence-electron chi connectivity index (χ0n) is 11.4. The molecule has 108 valence electrons. The van der Waals surface area contributed by atoms with E-state index in [1.54, 1.807) is 11.3 Å². The van der Waals surface area contributed by atoms with Crippen LogP contribution in [-0.4, -0.2) is 44.3 Å². The first kappa shape index (κ1) is 14.3. The standard InChI is InChI=1S/C15H19ClN2OS/c16-15-12-3-1-2-4-13(12)20-14(15)11-17-5-6-18-7-9-19-10-8-18/h1-4,17H,5-11H2. The molecule has 20 heavy (non-hydrogen) atoms. The molecule has 2 aromatic rings. The van der Waals surface area contributed by atoms with Crippen molar-refractivity contribution in [2.24, 2.45) is 0 Å². The quantitative estimate of drug-likeness (QED) is 0.859. The molecule has 1 aromatic carbocycles. The molecule has 1 N–H and O–H groups in total. The lowest BCUT2D eigenvalue weighted by molar-refractivity contribution is 0.0384. The van der Waals surface area contributed by atoms with Gasteiger partial charge < -0.3 is 10.1 Å². The molecular weight excluding hydrogens is 292 g/mol. The number of hydrogen-bond donors (Lipinski definition) is 1. The Morgan fingerprint density at radius 1 is 1.25 bits per heavy atom. The third kappa shape index (κ3) is 3.32. The maximum atomic E-state index is 6.43. The van der Waals surface area contributed by atoms with Gasteiger partial charge in [-0.2, -0.15) is 0 Å². The summed E-state index contributed by atoms with van der Waals surface area (Å²) in [7, 11) is 0. The molecule has 0 bridgehead atoms. The van der Waals surface area contributed by atoms with Gasteiger partial charge in [-0.25, -0.2) is 0 Å². The second-order valence-corrected chi connectivity index (χ2v) is 6.48. The molecule has 5 heteroatoms. The van der Waals surface area contributed by atoms with Crippen molar-refractivity contribution in [2.75, 3.05) is 39.4 Å². The molecule has 1 saturated heterocycles. The van der Waals surface area contributed by atoms with Gasteiger partial charge in [0.15, 0.2) is 0 Å². The van der Waals surface area contributed by atoms with E-state index in [-0.39, 0.29) is 0 Å². The van der Waals surface area contributed by atoms with E-state index < -0.39 is 0 Å². The van der Waals surface area contributed by atoms with E-state index in [9.17, 15) is 0 Å². The number of nitrogens with one attached hydrogen (secondary N) is 1. The number of rotatable bonds is 5. The minimum absolute atomic E-state index is 0.850. The third-order valence-corrected chi connectivity index (χ3v) is 5.31. The van der Waals surface area contributed by atoms with E-state index in [1.807, 2.05) is 6.07 Å². The summed E-state index contributed by atoms with van der Waals surface area (Å²) in [5.41, 5.74) is 0. The predicted octanol–water partition coefficient (Wildman–Crippen LogP) is 2.98. The zero-order valence-corrected chi connectivity index (χ0v) is 13.0. The van der Waals surface area contributed by atoms with E-state index in [0.717, 1.165) is 51.0 Å². The van der Waals surface area contributed by atoms with Crippen molar-refractivity contribution in [1.29, 1.82) is 0 Å². The number of fused-ring (bicyclic) bond motifs is 1. The van der Waals surface area contributed by atoms with Gasteiger partial charge in [0, 0.05) is 47.7 Å². The molecule has 3 nitrogen and oxygen atoms in total. The Bertz CT molecular complexity index is 566. The van der Waals surface area contributed by atoms with E-state index in [4.69, 9.17) is 16.3 Å². The van der Waals surface area contributed by atoms with Gasteiger partial charge in [0.1, 0.15) is 0 Å². The van der Waals surface area contributed by atoms with Crippen molar-refractivity contribution in [2.45, 2.75) is 6.54 Å². The van der Waals surface area contributed by atoms with Gasteiger partial charge in [-0.3, -0.25) is 4.90 Å². The Labute approximate surface area is 128 Å². The summed E-state index contributed by atoms with van der Waals surface area (Å²) in [5.74, 6) is 0. The van der Waals surface area contributed by atoms with Crippen molar-refractivity contribution in [3.63, 3.8) is 0 Å². The molecule has 2 heterocycles. The summed E-state index contributed by atoms with van der Waals surface area (Å²) in [4.78, 5) is 3.66. The van der Waals surface area contributed by atoms with Crippen LogP contribution in [-0.2, 0) is 11.3 Å². The van der Waals surface area contributed by atoms with Crippen LogP contribution in [0.15, 0.2) is 24.3 Å². The normalized spacial score (nSPS) is 16.9. The number of thiophene rings is 1. The molecule has 1 fully saturated rings. The van der Waals surface area contributed by atoms with Crippen molar-refractivity contribution >= 4 is 33.0 Å². The first-order valence-corrected chi connectivity index (χ1v) is 8.21. The molecule has 0 radical (unpaired) electrons. The van der Waals surface area contributed by atoms with Gasteiger partial charge in [0.05, 0.1) is 18.2 Å². The van der Waals surface area contributed by atoms with Crippen LogP contribution >= 0.6 is 22.9 Å². The maximum Gasteiger partial charge on any atom is 0.0636 e. The summed E-state index contributed by atoms with van der Waals surface area (Å²) in [5, 5.41) is 5.57. The SMILES string of the molecule is Clc1c(CNCCN2CCOCC2)sc2ccccc12. The van der Waals surface area contributed by atoms with Gasteiger partial charge in [-0.05, 0) is 6.07 Å². The van der Waals surface area contributed by atoms with Crippen molar-refractivity contribution in [3.05, 3.63) is 34.2 Å². The molecule has 1 aliphatic rings. The van der Waals surface area contributed by atoms with Crippen molar-refractivity contribution in [1.82, 2.24) is 10.2 Å². The Hall–Kier alpha value is -0.650. The highest BCUT2D eigenvalue weighted by Crippen LogP contribution is 2.34. The number of nitrogens with zero attached hydrogens (tertiary/aromatic N) is 1. The van der Waals surface area contributed by atoms with Crippen molar-refractivity contribution < 1.29 is 4.74 Å². The highest BCUT2D eigenvalue weighted by Gasteiger charge is 2.11. The minimum atomic E-state index is 0.850. The van der Waals surface area contributed by atoms with Gasteiger partial charge in [0.25, 0.3) is 0 Å². The maximum absolute atomic E-state index is 6.43. The van der Waals surface area contributed by atoms with Gasteiger partial charge in [-0.15, -0.1) is 11.3 Å². The lowest BCUT2D eigenvalue weighted by Crippen LogP contribution is -2.40. The smallest absolute Gasteiger partial charge is 0.0636 e. The second-order valence-electron chi connectivity index (χ2n) is 4.97. The van der Waals surface area contributed by atoms with Crippen LogP contribution in [0.4, 0.5) is 0 Å². The molecule has 0 aliphatic carbocycles. The third-order valence-electron chi connectivity index (χ3n) is 3.60. The number of benzene rings is 1. The van der Waals surface area contributed by atoms with Crippen LogP contribution in [0.3, 0.4) is 0 Å². The van der Waals surface area contributed by atoms with Crippen LogP contribution in [0.1, 0.15) is 4.88 Å². The predicted molar refractivity (Wildman–Crippen MR) is 85.8 cm³/mol. The summed E-state index contributed by atoms with van der Waals surface area (Å²) < 4.78 is 6.61. The van der Waals surface area contributed by atoms with Gasteiger partial charge >= 0.3 is 0 Å². The first-order chi connectivity index (χ1) is 9.84. The summed E-state index contributed by atoms with van der Waals surface area (Å²) in [6, 6.07) is 8.32. The summed E-state index contributed by atoms with van der Waals surface area (Å²) >= 11 is 8.21. The van der Waals surface area contributed by atoms with Crippen LogP contribution in [0.25, 0.3) is 10.1 Å². The highest BCUT2D eigenvalue weighted by atomic mass is 35.5. The monoisotopic (exact) mass is 310 g/mol. The van der Waals surface area contributed by atoms with E-state index in [0.29, 0.717) is 0 Å². The summed E-state index contributed by atoms with van der Waals surface area (Å²) in [6.07, 6.45) is 0. The van der Waals surface area contributed by atoms with E-state index >= 15 is 0 Å². The largest absolute Gasteiger partial charge is 0.379 e.